The Balaban J connectivity index is 2.97. The predicted octanol–water partition coefficient (Wildman–Crippen LogP) is 1.05. The van der Waals surface area contributed by atoms with Crippen LogP contribution in [0.3, 0.4) is 0 Å². The number of ketones is 1. The van der Waals surface area contributed by atoms with Gasteiger partial charge in [-0.25, -0.2) is 0 Å². The van der Waals surface area contributed by atoms with E-state index in [0.29, 0.717) is 52.9 Å². The van der Waals surface area contributed by atoms with Crippen molar-refractivity contribution in [3.8, 4) is 0 Å². The lowest BCUT2D eigenvalue weighted by atomic mass is 10.2. The molecule has 0 aliphatic rings. The summed E-state index contributed by atoms with van der Waals surface area (Å²) < 4.78 is 26.6. The first-order valence-electron chi connectivity index (χ1n) is 8.80. The number of hydrogen-bond donors (Lipinski definition) is 1. The normalized spacial score (nSPS) is 11.1. The van der Waals surface area contributed by atoms with Crippen LogP contribution in [-0.2, 0) is 28.5 Å². The summed E-state index contributed by atoms with van der Waals surface area (Å²) >= 11 is 0. The molecule has 0 amide bonds. The average Bonchev–Trinajstić information content (AvgIpc) is 2.56. The third-order valence-electron chi connectivity index (χ3n) is 3.01. The predicted molar refractivity (Wildman–Crippen MR) is 92.6 cm³/mol. The van der Waals surface area contributed by atoms with Gasteiger partial charge in [0.05, 0.1) is 52.9 Å². The summed E-state index contributed by atoms with van der Waals surface area (Å²) in [6.07, 6.45) is 3.49. The summed E-state index contributed by atoms with van der Waals surface area (Å²) in [7, 11) is 1.97. The minimum absolute atomic E-state index is 0.0215. The Kier molecular flexibility index (Phi) is 20.0. The zero-order valence-electron chi connectivity index (χ0n) is 15.3. The summed E-state index contributed by atoms with van der Waals surface area (Å²) in [6.45, 7) is 7.81. The number of rotatable bonds is 20. The van der Waals surface area contributed by atoms with Crippen molar-refractivity contribution in [1.82, 2.24) is 5.32 Å². The fourth-order valence-electron chi connectivity index (χ4n) is 1.78. The molecule has 0 saturated heterocycles. The molecule has 7 heteroatoms. The number of unbranched alkanes of at least 4 members (excludes halogenated alkanes) is 2. The number of nitrogens with one attached hydrogen (secondary N) is 1. The van der Waals surface area contributed by atoms with E-state index in [4.69, 9.17) is 23.7 Å². The van der Waals surface area contributed by atoms with Crippen molar-refractivity contribution in [1.29, 1.82) is 0 Å². The molecule has 0 unspecified atom stereocenters. The largest absolute Gasteiger partial charge is 0.379 e. The highest BCUT2D eigenvalue weighted by Crippen LogP contribution is 1.94. The van der Waals surface area contributed by atoms with Gasteiger partial charge < -0.3 is 29.0 Å². The van der Waals surface area contributed by atoms with Crippen LogP contribution in [0.15, 0.2) is 0 Å². The molecule has 0 aromatic heterocycles. The molecule has 0 aliphatic carbocycles. The van der Waals surface area contributed by atoms with E-state index in [2.05, 4.69) is 5.32 Å². The van der Waals surface area contributed by atoms with Crippen molar-refractivity contribution < 1.29 is 28.5 Å². The van der Waals surface area contributed by atoms with Crippen LogP contribution in [0.1, 0.15) is 26.2 Å². The molecule has 7 nitrogen and oxygen atoms in total. The Hall–Kier alpha value is -0.570. The molecule has 0 aliphatic heterocycles. The maximum atomic E-state index is 10.6. The third kappa shape index (κ3) is 21.4. The van der Waals surface area contributed by atoms with Crippen LogP contribution in [0.2, 0.25) is 0 Å². The number of hydrogen-bond acceptors (Lipinski definition) is 7. The standard InChI is InChI=1S/C17H35NO6/c1-17(19)16-24-15-14-23-13-12-22-11-10-21-9-8-20-7-5-3-4-6-18-2/h18H,3-16H2,1-2H3. The van der Waals surface area contributed by atoms with E-state index >= 15 is 0 Å². The molecule has 0 spiro atoms. The van der Waals surface area contributed by atoms with Gasteiger partial charge in [-0.15, -0.1) is 0 Å². The van der Waals surface area contributed by atoms with Gasteiger partial charge in [-0.05, 0) is 39.8 Å². The van der Waals surface area contributed by atoms with E-state index in [0.717, 1.165) is 19.6 Å². The number of ether oxygens (including phenoxy) is 5. The zero-order chi connectivity index (χ0) is 17.7. The van der Waals surface area contributed by atoms with E-state index in [1.165, 1.54) is 19.8 Å². The Morgan fingerprint density at radius 2 is 1.12 bits per heavy atom. The SMILES string of the molecule is CNCCCCCOCCOCCOCCOCCOCC(C)=O. The highest BCUT2D eigenvalue weighted by Gasteiger charge is 1.95. The van der Waals surface area contributed by atoms with Gasteiger partial charge in [0.15, 0.2) is 5.78 Å². The highest BCUT2D eigenvalue weighted by atomic mass is 16.6. The van der Waals surface area contributed by atoms with Gasteiger partial charge in [-0.1, -0.05) is 0 Å². The van der Waals surface area contributed by atoms with E-state index in [1.54, 1.807) is 0 Å². The molecule has 0 saturated carbocycles. The fraction of sp³-hybridized carbons (Fsp3) is 0.941. The van der Waals surface area contributed by atoms with Crippen LogP contribution in [0.5, 0.6) is 0 Å². The van der Waals surface area contributed by atoms with Crippen LogP contribution < -0.4 is 5.32 Å². The monoisotopic (exact) mass is 349 g/mol. The van der Waals surface area contributed by atoms with Crippen molar-refractivity contribution in [2.75, 3.05) is 79.7 Å². The fourth-order valence-corrected chi connectivity index (χ4v) is 1.78. The van der Waals surface area contributed by atoms with Gasteiger partial charge in [-0.2, -0.15) is 0 Å². The highest BCUT2D eigenvalue weighted by molar-refractivity contribution is 5.76. The quantitative estimate of drug-likeness (QED) is 0.329. The molecular formula is C17H35NO6. The van der Waals surface area contributed by atoms with E-state index in [9.17, 15) is 4.79 Å². The lowest BCUT2D eigenvalue weighted by Crippen LogP contribution is -2.14. The van der Waals surface area contributed by atoms with Crippen molar-refractivity contribution in [3.63, 3.8) is 0 Å². The summed E-state index contributed by atoms with van der Waals surface area (Å²) in [5, 5.41) is 3.13. The molecule has 144 valence electrons. The van der Waals surface area contributed by atoms with E-state index in [1.807, 2.05) is 7.05 Å². The number of carbonyl (C=O) groups is 1. The van der Waals surface area contributed by atoms with Crippen LogP contribution >= 0.6 is 0 Å². The van der Waals surface area contributed by atoms with Crippen LogP contribution in [0, 0.1) is 0 Å². The van der Waals surface area contributed by atoms with Crippen molar-refractivity contribution in [3.05, 3.63) is 0 Å². The summed E-state index contributed by atoms with van der Waals surface area (Å²) in [4.78, 5) is 10.6. The second-order valence-corrected chi connectivity index (χ2v) is 5.37. The molecule has 0 atom stereocenters. The Morgan fingerprint density at radius 1 is 0.667 bits per heavy atom. The molecule has 0 heterocycles. The lowest BCUT2D eigenvalue weighted by molar-refractivity contribution is -0.122. The van der Waals surface area contributed by atoms with E-state index in [-0.39, 0.29) is 12.4 Å². The van der Waals surface area contributed by atoms with Gasteiger partial charge in [0.1, 0.15) is 6.61 Å². The summed E-state index contributed by atoms with van der Waals surface area (Å²) in [6, 6.07) is 0. The first-order valence-corrected chi connectivity index (χ1v) is 8.80. The molecule has 0 aromatic carbocycles. The van der Waals surface area contributed by atoms with Gasteiger partial charge in [0.2, 0.25) is 0 Å². The first kappa shape index (κ1) is 23.4. The second-order valence-electron chi connectivity index (χ2n) is 5.37. The van der Waals surface area contributed by atoms with Gasteiger partial charge in [-0.3, -0.25) is 4.79 Å². The molecule has 0 fully saturated rings. The van der Waals surface area contributed by atoms with E-state index < -0.39 is 0 Å². The summed E-state index contributed by atoms with van der Waals surface area (Å²) in [5.41, 5.74) is 0. The maximum absolute atomic E-state index is 10.6. The molecule has 24 heavy (non-hydrogen) atoms. The van der Waals surface area contributed by atoms with Crippen LogP contribution in [0.4, 0.5) is 0 Å². The first-order chi connectivity index (χ1) is 11.8. The Bertz CT molecular complexity index is 265. The Morgan fingerprint density at radius 3 is 1.58 bits per heavy atom. The van der Waals surface area contributed by atoms with Crippen molar-refractivity contribution >= 4 is 5.78 Å². The minimum Gasteiger partial charge on any atom is -0.379 e. The molecule has 0 aromatic rings. The molecule has 0 radical (unpaired) electrons. The zero-order valence-corrected chi connectivity index (χ0v) is 15.3. The van der Waals surface area contributed by atoms with Gasteiger partial charge in [0, 0.05) is 6.61 Å². The van der Waals surface area contributed by atoms with Crippen LogP contribution in [0.25, 0.3) is 0 Å². The maximum Gasteiger partial charge on any atom is 0.155 e. The third-order valence-corrected chi connectivity index (χ3v) is 3.01. The molecular weight excluding hydrogens is 314 g/mol. The Labute approximate surface area is 146 Å². The lowest BCUT2D eigenvalue weighted by Gasteiger charge is -2.07. The second kappa shape index (κ2) is 20.5. The van der Waals surface area contributed by atoms with Gasteiger partial charge in [0.25, 0.3) is 0 Å². The van der Waals surface area contributed by atoms with Crippen molar-refractivity contribution in [2.45, 2.75) is 26.2 Å². The summed E-state index contributed by atoms with van der Waals surface area (Å²) in [5.74, 6) is 0.0215. The number of Topliss-reactive ketones (excluding diaryl/α,β-unsaturated/α-hetero) is 1. The topological polar surface area (TPSA) is 75.2 Å². The number of carbonyl (C=O) groups excluding carboxylic acids is 1. The molecule has 1 N–H and O–H groups in total. The van der Waals surface area contributed by atoms with Crippen LogP contribution in [-0.4, -0.2) is 85.4 Å². The molecule has 0 rings (SSSR count). The average molecular weight is 349 g/mol. The smallest absolute Gasteiger partial charge is 0.155 e. The molecule has 0 bridgehead atoms. The minimum atomic E-state index is 0.0215. The van der Waals surface area contributed by atoms with Crippen molar-refractivity contribution in [2.24, 2.45) is 0 Å². The van der Waals surface area contributed by atoms with Gasteiger partial charge >= 0.3 is 0 Å².